The first-order chi connectivity index (χ1) is 8.04. The average molecular weight is 299 g/mol. The molecule has 1 rings (SSSR count). The molecule has 0 atom stereocenters. The molecule has 2 amide bonds. The quantitative estimate of drug-likeness (QED) is 0.842. The number of carbonyl (C=O) groups excluding carboxylic acids is 2. The van der Waals surface area contributed by atoms with Crippen molar-refractivity contribution in [1.29, 1.82) is 0 Å². The summed E-state index contributed by atoms with van der Waals surface area (Å²) < 4.78 is 0.866. The lowest BCUT2D eigenvalue weighted by atomic mass is 10.1. The highest BCUT2D eigenvalue weighted by atomic mass is 79.9. The number of carbonyl (C=O) groups is 2. The van der Waals surface area contributed by atoms with Gasteiger partial charge in [0, 0.05) is 16.5 Å². The Morgan fingerprint density at radius 3 is 2.59 bits per heavy atom. The zero-order chi connectivity index (χ0) is 12.8. The lowest BCUT2D eigenvalue weighted by molar-refractivity contribution is -0.121. The summed E-state index contributed by atoms with van der Waals surface area (Å²) in [6.07, 6.45) is 1.15. The van der Waals surface area contributed by atoms with Gasteiger partial charge in [-0.05, 0) is 31.0 Å². The van der Waals surface area contributed by atoms with E-state index in [-0.39, 0.29) is 11.8 Å². The van der Waals surface area contributed by atoms with Gasteiger partial charge in [0.05, 0.1) is 0 Å². The van der Waals surface area contributed by atoms with Crippen LogP contribution in [0.5, 0.6) is 0 Å². The minimum absolute atomic E-state index is 0.188. The maximum Gasteiger partial charge on any atom is 0.269 e. The minimum Gasteiger partial charge on any atom is -0.273 e. The lowest BCUT2D eigenvalue weighted by Gasteiger charge is -2.07. The van der Waals surface area contributed by atoms with Gasteiger partial charge in [-0.25, -0.2) is 0 Å². The number of rotatable bonds is 3. The summed E-state index contributed by atoms with van der Waals surface area (Å²) in [5.74, 6) is -0.512. The summed E-state index contributed by atoms with van der Waals surface area (Å²) in [5.41, 5.74) is 6.28. The van der Waals surface area contributed by atoms with Gasteiger partial charge < -0.3 is 0 Å². The SMILES string of the molecule is CCCC(=O)NNC(=O)c1ccc(C)c(Br)c1. The third kappa shape index (κ3) is 4.19. The van der Waals surface area contributed by atoms with Gasteiger partial charge in [-0.1, -0.05) is 28.9 Å². The van der Waals surface area contributed by atoms with Crippen molar-refractivity contribution < 1.29 is 9.59 Å². The van der Waals surface area contributed by atoms with Crippen molar-refractivity contribution in [1.82, 2.24) is 10.9 Å². The molecule has 92 valence electrons. The van der Waals surface area contributed by atoms with Crippen molar-refractivity contribution in [2.75, 3.05) is 0 Å². The average Bonchev–Trinajstić information content (AvgIpc) is 2.30. The van der Waals surface area contributed by atoms with Crippen molar-refractivity contribution in [3.05, 3.63) is 33.8 Å². The van der Waals surface area contributed by atoms with Gasteiger partial charge in [-0.3, -0.25) is 20.4 Å². The monoisotopic (exact) mass is 298 g/mol. The van der Waals surface area contributed by atoms with Crippen LogP contribution in [0.3, 0.4) is 0 Å². The van der Waals surface area contributed by atoms with Crippen molar-refractivity contribution >= 4 is 27.7 Å². The number of hydrazine groups is 1. The third-order valence-electron chi connectivity index (χ3n) is 2.23. The number of amides is 2. The summed E-state index contributed by atoms with van der Waals surface area (Å²) in [6.45, 7) is 3.84. The molecule has 4 nitrogen and oxygen atoms in total. The maximum atomic E-state index is 11.7. The van der Waals surface area contributed by atoms with Gasteiger partial charge in [-0.2, -0.15) is 0 Å². The fourth-order valence-electron chi connectivity index (χ4n) is 1.22. The van der Waals surface area contributed by atoms with E-state index < -0.39 is 0 Å². The molecule has 0 heterocycles. The van der Waals surface area contributed by atoms with E-state index >= 15 is 0 Å². The highest BCUT2D eigenvalue weighted by Crippen LogP contribution is 2.17. The van der Waals surface area contributed by atoms with Crippen LogP contribution in [-0.2, 0) is 4.79 Å². The Balaban J connectivity index is 2.58. The van der Waals surface area contributed by atoms with E-state index in [1.165, 1.54) is 0 Å². The van der Waals surface area contributed by atoms with Crippen LogP contribution in [-0.4, -0.2) is 11.8 Å². The Bertz CT molecular complexity index is 433. The predicted octanol–water partition coefficient (Wildman–Crippen LogP) is 2.32. The van der Waals surface area contributed by atoms with Crippen molar-refractivity contribution in [2.24, 2.45) is 0 Å². The van der Waals surface area contributed by atoms with Gasteiger partial charge in [0.15, 0.2) is 0 Å². The smallest absolute Gasteiger partial charge is 0.269 e. The topological polar surface area (TPSA) is 58.2 Å². The van der Waals surface area contributed by atoms with E-state index in [9.17, 15) is 9.59 Å². The Morgan fingerprint density at radius 1 is 1.29 bits per heavy atom. The highest BCUT2D eigenvalue weighted by molar-refractivity contribution is 9.10. The first-order valence-corrected chi connectivity index (χ1v) is 6.19. The summed E-state index contributed by atoms with van der Waals surface area (Å²) in [6, 6.07) is 5.27. The normalized spacial score (nSPS) is 9.82. The van der Waals surface area contributed by atoms with Crippen LogP contribution in [0.15, 0.2) is 22.7 Å². The minimum atomic E-state index is -0.324. The number of hydrogen-bond donors (Lipinski definition) is 2. The molecular formula is C12H15BrN2O2. The van der Waals surface area contributed by atoms with E-state index in [1.807, 2.05) is 19.9 Å². The predicted molar refractivity (Wildman–Crippen MR) is 69.4 cm³/mol. The van der Waals surface area contributed by atoms with Crippen LogP contribution in [0.2, 0.25) is 0 Å². The van der Waals surface area contributed by atoms with E-state index in [4.69, 9.17) is 0 Å². The summed E-state index contributed by atoms with van der Waals surface area (Å²) in [4.78, 5) is 22.8. The second-order valence-electron chi connectivity index (χ2n) is 3.72. The second-order valence-corrected chi connectivity index (χ2v) is 4.57. The van der Waals surface area contributed by atoms with E-state index in [2.05, 4.69) is 26.8 Å². The standard InChI is InChI=1S/C12H15BrN2O2/c1-3-4-11(16)14-15-12(17)9-6-5-8(2)10(13)7-9/h5-7H,3-4H2,1-2H3,(H,14,16)(H,15,17). The number of halogens is 1. The zero-order valence-electron chi connectivity index (χ0n) is 9.84. The van der Waals surface area contributed by atoms with Crippen molar-refractivity contribution in [3.63, 3.8) is 0 Å². The zero-order valence-corrected chi connectivity index (χ0v) is 11.4. The van der Waals surface area contributed by atoms with Gasteiger partial charge in [0.2, 0.25) is 5.91 Å². The second kappa shape index (κ2) is 6.39. The summed E-state index contributed by atoms with van der Waals surface area (Å²) in [7, 11) is 0. The van der Waals surface area contributed by atoms with Crippen molar-refractivity contribution in [3.8, 4) is 0 Å². The molecule has 0 bridgehead atoms. The summed E-state index contributed by atoms with van der Waals surface area (Å²) in [5, 5.41) is 0. The molecule has 0 aromatic heterocycles. The Hall–Kier alpha value is -1.36. The van der Waals surface area contributed by atoms with Crippen LogP contribution in [0, 0.1) is 6.92 Å². The molecule has 0 aliphatic carbocycles. The number of aryl methyl sites for hydroxylation is 1. The van der Waals surface area contributed by atoms with Gasteiger partial charge >= 0.3 is 0 Å². The maximum absolute atomic E-state index is 11.7. The molecule has 1 aromatic carbocycles. The molecule has 1 aromatic rings. The number of benzene rings is 1. The van der Waals surface area contributed by atoms with E-state index in [0.717, 1.165) is 16.5 Å². The van der Waals surface area contributed by atoms with Crippen LogP contribution >= 0.6 is 15.9 Å². The molecule has 2 N–H and O–H groups in total. The Morgan fingerprint density at radius 2 is 2.00 bits per heavy atom. The molecule has 0 radical (unpaired) electrons. The molecule has 0 spiro atoms. The van der Waals surface area contributed by atoms with Crippen molar-refractivity contribution in [2.45, 2.75) is 26.7 Å². The highest BCUT2D eigenvalue weighted by Gasteiger charge is 2.07. The number of hydrogen-bond acceptors (Lipinski definition) is 2. The van der Waals surface area contributed by atoms with Gasteiger partial charge in [0.25, 0.3) is 5.91 Å². The fourth-order valence-corrected chi connectivity index (χ4v) is 1.60. The first kappa shape index (κ1) is 13.7. The molecule has 0 saturated carbocycles. The molecule has 0 aliphatic rings. The molecule has 0 unspecified atom stereocenters. The molecular weight excluding hydrogens is 284 g/mol. The summed E-state index contributed by atoms with van der Waals surface area (Å²) >= 11 is 3.35. The van der Waals surface area contributed by atoms with E-state index in [1.54, 1.807) is 12.1 Å². The Labute approximate surface area is 109 Å². The Kier molecular flexibility index (Phi) is 5.15. The molecule has 0 aliphatic heterocycles. The van der Waals surface area contributed by atoms with Crippen LogP contribution in [0.4, 0.5) is 0 Å². The van der Waals surface area contributed by atoms with Crippen LogP contribution in [0.25, 0.3) is 0 Å². The third-order valence-corrected chi connectivity index (χ3v) is 3.08. The molecule has 0 fully saturated rings. The first-order valence-electron chi connectivity index (χ1n) is 5.40. The lowest BCUT2D eigenvalue weighted by Crippen LogP contribution is -2.41. The molecule has 5 heteroatoms. The fraction of sp³-hybridized carbons (Fsp3) is 0.333. The van der Waals surface area contributed by atoms with Gasteiger partial charge in [-0.15, -0.1) is 0 Å². The van der Waals surface area contributed by atoms with Gasteiger partial charge in [0.1, 0.15) is 0 Å². The largest absolute Gasteiger partial charge is 0.273 e. The van der Waals surface area contributed by atoms with E-state index in [0.29, 0.717) is 12.0 Å². The van der Waals surface area contributed by atoms with Crippen LogP contribution < -0.4 is 10.9 Å². The molecule has 0 saturated heterocycles. The molecule has 17 heavy (non-hydrogen) atoms. The van der Waals surface area contributed by atoms with Crippen LogP contribution in [0.1, 0.15) is 35.7 Å². The number of nitrogens with one attached hydrogen (secondary N) is 2.